The average Bonchev–Trinajstić information content (AvgIpc) is 2.12. The Morgan fingerprint density at radius 3 is 1.89 bits per heavy atom. The Hall–Kier alpha value is -0.340. The van der Waals surface area contributed by atoms with Crippen molar-refractivity contribution >= 4 is 0 Å². The Kier molecular flexibility index (Phi) is 6.59. The minimum atomic E-state index is 0.169. The fourth-order valence-corrected chi connectivity index (χ4v) is 2.16. The molecular weight excluding hydrogens is 220 g/mol. The molecule has 1 atom stereocenters. The molecule has 0 heterocycles. The largest absolute Gasteiger partial charge is 0.311 e. The Morgan fingerprint density at radius 2 is 1.61 bits per heavy atom. The van der Waals surface area contributed by atoms with Crippen LogP contribution in [0.15, 0.2) is 12.7 Å². The Bertz CT molecular complexity index is 243. The van der Waals surface area contributed by atoms with Gasteiger partial charge in [-0.3, -0.25) is 4.90 Å². The molecule has 0 saturated heterocycles. The fourth-order valence-electron chi connectivity index (χ4n) is 2.16. The number of hydrogen-bond acceptors (Lipinski definition) is 2. The van der Waals surface area contributed by atoms with Gasteiger partial charge in [0, 0.05) is 30.2 Å². The molecule has 0 aromatic rings. The van der Waals surface area contributed by atoms with Gasteiger partial charge in [-0.2, -0.15) is 0 Å². The fraction of sp³-hybridized carbons (Fsp3) is 0.875. The van der Waals surface area contributed by atoms with Gasteiger partial charge in [-0.05, 0) is 47.5 Å². The summed E-state index contributed by atoms with van der Waals surface area (Å²) in [6.07, 6.45) is 2.01. The van der Waals surface area contributed by atoms with Gasteiger partial charge >= 0.3 is 0 Å². The van der Waals surface area contributed by atoms with E-state index in [0.717, 1.165) is 13.1 Å². The van der Waals surface area contributed by atoms with Crippen LogP contribution >= 0.6 is 0 Å². The second kappa shape index (κ2) is 6.72. The Morgan fingerprint density at radius 1 is 1.11 bits per heavy atom. The zero-order chi connectivity index (χ0) is 14.6. The van der Waals surface area contributed by atoms with Crippen LogP contribution in [0.1, 0.15) is 55.4 Å². The molecule has 0 bridgehead atoms. The predicted octanol–water partition coefficient (Wildman–Crippen LogP) is 3.69. The van der Waals surface area contributed by atoms with Crippen LogP contribution in [0, 0.1) is 5.92 Å². The van der Waals surface area contributed by atoms with Gasteiger partial charge in [-0.1, -0.05) is 19.9 Å². The summed E-state index contributed by atoms with van der Waals surface area (Å²) in [5.74, 6) is 0.624. The van der Waals surface area contributed by atoms with Crippen LogP contribution in [-0.4, -0.2) is 35.1 Å². The Labute approximate surface area is 115 Å². The van der Waals surface area contributed by atoms with E-state index < -0.39 is 0 Å². The SMILES string of the molecule is C=CCN(C(CNC(C)(C)C)C(C)C)C(C)(C)C. The van der Waals surface area contributed by atoms with Crippen LogP contribution < -0.4 is 5.32 Å². The van der Waals surface area contributed by atoms with Gasteiger partial charge in [-0.15, -0.1) is 6.58 Å². The van der Waals surface area contributed by atoms with Gasteiger partial charge in [0.25, 0.3) is 0 Å². The van der Waals surface area contributed by atoms with Crippen molar-refractivity contribution < 1.29 is 0 Å². The van der Waals surface area contributed by atoms with Crippen LogP contribution in [0.5, 0.6) is 0 Å². The summed E-state index contributed by atoms with van der Waals surface area (Å²) in [6.45, 7) is 24.0. The molecule has 0 aromatic carbocycles. The minimum Gasteiger partial charge on any atom is -0.311 e. The zero-order valence-corrected chi connectivity index (χ0v) is 13.8. The summed E-state index contributed by atoms with van der Waals surface area (Å²) in [5.41, 5.74) is 0.341. The molecule has 0 fully saturated rings. The molecule has 2 heteroatoms. The monoisotopic (exact) mass is 254 g/mol. The first-order chi connectivity index (χ1) is 7.99. The predicted molar refractivity (Wildman–Crippen MR) is 83.0 cm³/mol. The maximum atomic E-state index is 3.90. The first kappa shape index (κ1) is 17.7. The van der Waals surface area contributed by atoms with E-state index in [1.54, 1.807) is 0 Å². The van der Waals surface area contributed by atoms with Gasteiger partial charge in [0.05, 0.1) is 0 Å². The first-order valence-electron chi connectivity index (χ1n) is 7.11. The second-order valence-corrected chi connectivity index (χ2v) is 7.55. The average molecular weight is 254 g/mol. The van der Waals surface area contributed by atoms with Crippen molar-refractivity contribution in [1.29, 1.82) is 0 Å². The third kappa shape index (κ3) is 6.55. The lowest BCUT2D eigenvalue weighted by molar-refractivity contribution is 0.0656. The molecular formula is C16H34N2. The number of rotatable bonds is 6. The van der Waals surface area contributed by atoms with Gasteiger partial charge in [0.2, 0.25) is 0 Å². The van der Waals surface area contributed by atoms with Gasteiger partial charge < -0.3 is 5.32 Å². The molecule has 1 N–H and O–H groups in total. The highest BCUT2D eigenvalue weighted by molar-refractivity contribution is 4.91. The maximum Gasteiger partial charge on any atom is 0.0252 e. The van der Waals surface area contributed by atoms with E-state index in [1.807, 2.05) is 6.08 Å². The van der Waals surface area contributed by atoms with Crippen LogP contribution in [-0.2, 0) is 0 Å². The zero-order valence-electron chi connectivity index (χ0n) is 13.8. The summed E-state index contributed by atoms with van der Waals surface area (Å²) in [4.78, 5) is 2.55. The van der Waals surface area contributed by atoms with Crippen molar-refractivity contribution in [2.75, 3.05) is 13.1 Å². The van der Waals surface area contributed by atoms with E-state index in [1.165, 1.54) is 0 Å². The smallest absolute Gasteiger partial charge is 0.0252 e. The lowest BCUT2D eigenvalue weighted by Gasteiger charge is -2.44. The quantitative estimate of drug-likeness (QED) is 0.727. The molecule has 18 heavy (non-hydrogen) atoms. The summed E-state index contributed by atoms with van der Waals surface area (Å²) in [5, 5.41) is 3.64. The van der Waals surface area contributed by atoms with Crippen LogP contribution in [0.2, 0.25) is 0 Å². The van der Waals surface area contributed by atoms with Gasteiger partial charge in [0.15, 0.2) is 0 Å². The molecule has 0 aliphatic carbocycles. The molecule has 0 radical (unpaired) electrons. The van der Waals surface area contributed by atoms with Crippen LogP contribution in [0.3, 0.4) is 0 Å². The van der Waals surface area contributed by atoms with E-state index in [2.05, 4.69) is 72.2 Å². The van der Waals surface area contributed by atoms with Crippen molar-refractivity contribution in [3.8, 4) is 0 Å². The number of nitrogens with one attached hydrogen (secondary N) is 1. The Balaban J connectivity index is 4.88. The van der Waals surface area contributed by atoms with Crippen LogP contribution in [0.4, 0.5) is 0 Å². The van der Waals surface area contributed by atoms with Crippen molar-refractivity contribution in [3.63, 3.8) is 0 Å². The molecule has 0 aliphatic heterocycles. The molecule has 0 amide bonds. The van der Waals surface area contributed by atoms with Crippen molar-refractivity contribution in [1.82, 2.24) is 10.2 Å². The molecule has 0 saturated carbocycles. The molecule has 1 unspecified atom stereocenters. The van der Waals surface area contributed by atoms with Crippen molar-refractivity contribution in [2.24, 2.45) is 5.92 Å². The standard InChI is InChI=1S/C16H34N2/c1-10-11-18(16(7,8)9)14(13(2)3)12-17-15(4,5)6/h10,13-14,17H,1,11-12H2,2-9H3. The maximum absolute atomic E-state index is 3.90. The lowest BCUT2D eigenvalue weighted by Crippen LogP contribution is -2.56. The van der Waals surface area contributed by atoms with E-state index in [0.29, 0.717) is 12.0 Å². The molecule has 0 aromatic heterocycles. The number of hydrogen-bond donors (Lipinski definition) is 1. The second-order valence-electron chi connectivity index (χ2n) is 7.55. The van der Waals surface area contributed by atoms with Crippen molar-refractivity contribution in [2.45, 2.75) is 72.5 Å². The normalized spacial score (nSPS) is 15.2. The summed E-state index contributed by atoms with van der Waals surface area (Å²) in [6, 6.07) is 0.530. The van der Waals surface area contributed by atoms with Crippen LogP contribution in [0.25, 0.3) is 0 Å². The third-order valence-corrected chi connectivity index (χ3v) is 3.20. The molecule has 108 valence electrons. The number of nitrogens with zero attached hydrogens (tertiary/aromatic N) is 1. The molecule has 2 nitrogen and oxygen atoms in total. The summed E-state index contributed by atoms with van der Waals surface area (Å²) < 4.78 is 0. The van der Waals surface area contributed by atoms with E-state index in [9.17, 15) is 0 Å². The first-order valence-corrected chi connectivity index (χ1v) is 7.11. The van der Waals surface area contributed by atoms with Crippen molar-refractivity contribution in [3.05, 3.63) is 12.7 Å². The minimum absolute atomic E-state index is 0.169. The summed E-state index contributed by atoms with van der Waals surface area (Å²) >= 11 is 0. The summed E-state index contributed by atoms with van der Waals surface area (Å²) in [7, 11) is 0. The molecule has 0 spiro atoms. The van der Waals surface area contributed by atoms with Gasteiger partial charge in [0.1, 0.15) is 0 Å². The lowest BCUT2D eigenvalue weighted by atomic mass is 9.94. The highest BCUT2D eigenvalue weighted by Crippen LogP contribution is 2.21. The van der Waals surface area contributed by atoms with E-state index in [-0.39, 0.29) is 11.1 Å². The van der Waals surface area contributed by atoms with E-state index in [4.69, 9.17) is 0 Å². The molecule has 0 aliphatic rings. The molecule has 0 rings (SSSR count). The van der Waals surface area contributed by atoms with E-state index >= 15 is 0 Å². The topological polar surface area (TPSA) is 15.3 Å². The third-order valence-electron chi connectivity index (χ3n) is 3.20. The highest BCUT2D eigenvalue weighted by atomic mass is 15.2. The highest BCUT2D eigenvalue weighted by Gasteiger charge is 2.30. The van der Waals surface area contributed by atoms with Gasteiger partial charge in [-0.25, -0.2) is 0 Å².